The highest BCUT2D eigenvalue weighted by molar-refractivity contribution is 5.94. The van der Waals surface area contributed by atoms with Crippen molar-refractivity contribution in [2.45, 2.75) is 26.7 Å². The van der Waals surface area contributed by atoms with E-state index in [2.05, 4.69) is 31.0 Å². The van der Waals surface area contributed by atoms with Crippen LogP contribution in [0.5, 0.6) is 0 Å². The minimum absolute atomic E-state index is 0.0458. The fourth-order valence-electron chi connectivity index (χ4n) is 1.50. The summed E-state index contributed by atoms with van der Waals surface area (Å²) in [4.78, 5) is 11.8. The molecule has 102 valence electrons. The highest BCUT2D eigenvalue weighted by Gasteiger charge is 2.04. The van der Waals surface area contributed by atoms with Crippen LogP contribution in [0, 0.1) is 17.8 Å². The second-order valence-electron chi connectivity index (χ2n) is 4.79. The predicted molar refractivity (Wildman–Crippen MR) is 76.8 cm³/mol. The molecule has 0 bridgehead atoms. The predicted octanol–water partition coefficient (Wildman–Crippen LogP) is 2.20. The van der Waals surface area contributed by atoms with E-state index in [1.807, 2.05) is 12.1 Å². The number of benzene rings is 1. The van der Waals surface area contributed by atoms with E-state index in [9.17, 15) is 4.79 Å². The van der Waals surface area contributed by atoms with Crippen LogP contribution in [0.3, 0.4) is 0 Å². The van der Waals surface area contributed by atoms with Gasteiger partial charge in [0.15, 0.2) is 0 Å². The van der Waals surface area contributed by atoms with E-state index in [0.29, 0.717) is 24.4 Å². The molecular formula is C16H21NO2. The highest BCUT2D eigenvalue weighted by Crippen LogP contribution is 2.04. The van der Waals surface area contributed by atoms with Gasteiger partial charge in [-0.05, 0) is 36.6 Å². The molecule has 0 aliphatic heterocycles. The lowest BCUT2D eigenvalue weighted by Crippen LogP contribution is -2.25. The number of nitrogens with one attached hydrogen (secondary N) is 1. The zero-order chi connectivity index (χ0) is 14.1. The fraction of sp³-hybridized carbons (Fsp3) is 0.438. The third-order valence-corrected chi connectivity index (χ3v) is 2.62. The van der Waals surface area contributed by atoms with E-state index in [4.69, 9.17) is 5.11 Å². The second kappa shape index (κ2) is 8.34. The molecule has 2 N–H and O–H groups in total. The van der Waals surface area contributed by atoms with Gasteiger partial charge in [0.25, 0.3) is 5.91 Å². The van der Waals surface area contributed by atoms with Crippen LogP contribution in [0.25, 0.3) is 0 Å². The standard InChI is InChI=1S/C16H21NO2/c1-13(2)10-11-17-16(19)15-8-6-14(7-9-15)5-3-4-12-18/h6-9,13,18H,4,10-12H2,1-2H3,(H,17,19). The molecule has 3 heteroatoms. The molecule has 0 unspecified atom stereocenters. The lowest BCUT2D eigenvalue weighted by Gasteiger charge is -2.07. The molecule has 0 saturated carbocycles. The quantitative estimate of drug-likeness (QED) is 0.796. The molecule has 0 fully saturated rings. The third kappa shape index (κ3) is 6.08. The number of hydrogen-bond acceptors (Lipinski definition) is 2. The summed E-state index contributed by atoms with van der Waals surface area (Å²) in [5.41, 5.74) is 1.50. The maximum absolute atomic E-state index is 11.8. The first-order valence-electron chi connectivity index (χ1n) is 6.61. The summed E-state index contributed by atoms with van der Waals surface area (Å²) >= 11 is 0. The van der Waals surface area contributed by atoms with Crippen LogP contribution >= 0.6 is 0 Å². The molecule has 1 rings (SSSR count). The zero-order valence-electron chi connectivity index (χ0n) is 11.6. The number of rotatable bonds is 5. The smallest absolute Gasteiger partial charge is 0.251 e. The summed E-state index contributed by atoms with van der Waals surface area (Å²) in [6.45, 7) is 5.04. The minimum atomic E-state index is -0.0458. The van der Waals surface area contributed by atoms with Gasteiger partial charge in [-0.15, -0.1) is 0 Å². The molecule has 0 radical (unpaired) electrons. The molecule has 1 amide bonds. The number of amides is 1. The molecule has 0 aliphatic carbocycles. The Bertz CT molecular complexity index is 452. The van der Waals surface area contributed by atoms with Crippen LogP contribution in [0.4, 0.5) is 0 Å². The van der Waals surface area contributed by atoms with Gasteiger partial charge >= 0.3 is 0 Å². The Balaban J connectivity index is 2.51. The van der Waals surface area contributed by atoms with Gasteiger partial charge in [0.1, 0.15) is 0 Å². The van der Waals surface area contributed by atoms with Gasteiger partial charge in [-0.1, -0.05) is 25.7 Å². The van der Waals surface area contributed by atoms with E-state index in [1.165, 1.54) is 0 Å². The lowest BCUT2D eigenvalue weighted by molar-refractivity contribution is 0.0952. The molecule has 1 aromatic rings. The van der Waals surface area contributed by atoms with Crippen molar-refractivity contribution in [2.75, 3.05) is 13.2 Å². The zero-order valence-corrected chi connectivity index (χ0v) is 11.6. The van der Waals surface area contributed by atoms with Crippen molar-refractivity contribution in [3.8, 4) is 11.8 Å². The fourth-order valence-corrected chi connectivity index (χ4v) is 1.50. The number of aliphatic hydroxyl groups excluding tert-OH is 1. The van der Waals surface area contributed by atoms with Crippen molar-refractivity contribution in [1.29, 1.82) is 0 Å². The molecule has 19 heavy (non-hydrogen) atoms. The van der Waals surface area contributed by atoms with Gasteiger partial charge in [-0.3, -0.25) is 4.79 Å². The minimum Gasteiger partial charge on any atom is -0.395 e. The van der Waals surface area contributed by atoms with E-state index in [1.54, 1.807) is 12.1 Å². The second-order valence-corrected chi connectivity index (χ2v) is 4.79. The Morgan fingerprint density at radius 3 is 2.58 bits per heavy atom. The van der Waals surface area contributed by atoms with Crippen LogP contribution in [0.1, 0.15) is 42.6 Å². The number of hydrogen-bond donors (Lipinski definition) is 2. The van der Waals surface area contributed by atoms with Crippen LogP contribution < -0.4 is 5.32 Å². The molecule has 0 heterocycles. The summed E-state index contributed by atoms with van der Waals surface area (Å²) in [5, 5.41) is 11.5. The maximum Gasteiger partial charge on any atom is 0.251 e. The summed E-state index contributed by atoms with van der Waals surface area (Å²) in [7, 11) is 0. The SMILES string of the molecule is CC(C)CCNC(=O)c1ccc(C#CCCO)cc1. The van der Waals surface area contributed by atoms with E-state index in [0.717, 1.165) is 12.0 Å². The average Bonchev–Trinajstić information content (AvgIpc) is 2.39. The third-order valence-electron chi connectivity index (χ3n) is 2.62. The summed E-state index contributed by atoms with van der Waals surface area (Å²) < 4.78 is 0. The largest absolute Gasteiger partial charge is 0.395 e. The van der Waals surface area contributed by atoms with Crippen LogP contribution in [-0.2, 0) is 0 Å². The molecule has 0 aromatic heterocycles. The van der Waals surface area contributed by atoms with Crippen molar-refractivity contribution in [1.82, 2.24) is 5.32 Å². The number of aliphatic hydroxyl groups is 1. The monoisotopic (exact) mass is 259 g/mol. The molecule has 0 atom stereocenters. The highest BCUT2D eigenvalue weighted by atomic mass is 16.2. The van der Waals surface area contributed by atoms with Gasteiger partial charge in [-0.25, -0.2) is 0 Å². The Morgan fingerprint density at radius 1 is 1.32 bits per heavy atom. The van der Waals surface area contributed by atoms with Gasteiger partial charge in [-0.2, -0.15) is 0 Å². The summed E-state index contributed by atoms with van der Waals surface area (Å²) in [6.07, 6.45) is 1.45. The van der Waals surface area contributed by atoms with Crippen LogP contribution in [0.15, 0.2) is 24.3 Å². The normalized spacial score (nSPS) is 9.89. The van der Waals surface area contributed by atoms with Crippen molar-refractivity contribution in [2.24, 2.45) is 5.92 Å². The van der Waals surface area contributed by atoms with Gasteiger partial charge in [0.05, 0.1) is 6.61 Å². The Labute approximate surface area is 115 Å². The van der Waals surface area contributed by atoms with Gasteiger partial charge in [0.2, 0.25) is 0 Å². The summed E-state index contributed by atoms with van der Waals surface area (Å²) in [6, 6.07) is 7.19. The lowest BCUT2D eigenvalue weighted by atomic mass is 10.1. The van der Waals surface area contributed by atoms with E-state index >= 15 is 0 Å². The number of carbonyl (C=O) groups is 1. The topological polar surface area (TPSA) is 49.3 Å². The van der Waals surface area contributed by atoms with Gasteiger partial charge in [0, 0.05) is 24.1 Å². The molecule has 1 aromatic carbocycles. The molecule has 3 nitrogen and oxygen atoms in total. The van der Waals surface area contributed by atoms with E-state index in [-0.39, 0.29) is 12.5 Å². The van der Waals surface area contributed by atoms with Gasteiger partial charge < -0.3 is 10.4 Å². The van der Waals surface area contributed by atoms with Crippen molar-refractivity contribution in [3.63, 3.8) is 0 Å². The summed E-state index contributed by atoms with van der Waals surface area (Å²) in [5.74, 6) is 6.32. The Hall–Kier alpha value is -1.79. The average molecular weight is 259 g/mol. The van der Waals surface area contributed by atoms with Crippen LogP contribution in [0.2, 0.25) is 0 Å². The molecule has 0 spiro atoms. The maximum atomic E-state index is 11.8. The van der Waals surface area contributed by atoms with Crippen molar-refractivity contribution < 1.29 is 9.90 Å². The molecule has 0 saturated heterocycles. The molecule has 0 aliphatic rings. The number of carbonyl (C=O) groups excluding carboxylic acids is 1. The van der Waals surface area contributed by atoms with Crippen molar-refractivity contribution in [3.05, 3.63) is 35.4 Å². The first-order valence-corrected chi connectivity index (χ1v) is 6.61. The Kier molecular flexibility index (Phi) is 6.70. The van der Waals surface area contributed by atoms with E-state index < -0.39 is 0 Å². The first kappa shape index (κ1) is 15.3. The van der Waals surface area contributed by atoms with Crippen molar-refractivity contribution >= 4 is 5.91 Å². The first-order chi connectivity index (χ1) is 9.13. The van der Waals surface area contributed by atoms with Crippen LogP contribution in [-0.4, -0.2) is 24.2 Å². The molecular weight excluding hydrogens is 238 g/mol. The Morgan fingerprint density at radius 2 is 2.00 bits per heavy atom.